The van der Waals surface area contributed by atoms with E-state index in [1.807, 2.05) is 0 Å². The van der Waals surface area contributed by atoms with Gasteiger partial charge in [0.15, 0.2) is 0 Å². The van der Waals surface area contributed by atoms with Crippen molar-refractivity contribution in [1.29, 1.82) is 0 Å². The maximum Gasteiger partial charge on any atom is 0.341 e. The van der Waals surface area contributed by atoms with Crippen LogP contribution in [0.25, 0.3) is 0 Å². The molecule has 0 spiro atoms. The number of benzene rings is 2. The van der Waals surface area contributed by atoms with Gasteiger partial charge in [0.1, 0.15) is 5.75 Å². The molecule has 2 aromatic carbocycles. The van der Waals surface area contributed by atoms with Crippen LogP contribution >= 0.6 is 0 Å². The van der Waals surface area contributed by atoms with E-state index >= 15 is 0 Å². The Morgan fingerprint density at radius 3 is 2.03 bits per heavy atom. The van der Waals surface area contributed by atoms with Crippen LogP contribution in [0.15, 0.2) is 52.3 Å². The molecule has 0 aliphatic carbocycles. The van der Waals surface area contributed by atoms with Gasteiger partial charge >= 0.3 is 5.76 Å². The third kappa shape index (κ3) is 4.71. The summed E-state index contributed by atoms with van der Waals surface area (Å²) in [6.07, 6.45) is 0. The molecule has 12 heteroatoms. The number of sulfone groups is 1. The molecular weight excluding hydrogens is 430 g/mol. The van der Waals surface area contributed by atoms with Gasteiger partial charge in [-0.25, -0.2) is 21.1 Å². The zero-order valence-electron chi connectivity index (χ0n) is 15.6. The Hall–Kier alpha value is -2.57. The summed E-state index contributed by atoms with van der Waals surface area (Å²) in [6, 6.07) is 7.80. The normalized spacial score (nSPS) is 12.2. The maximum absolute atomic E-state index is 12.6. The minimum absolute atomic E-state index is 0.0267. The fraction of sp³-hybridized carbons (Fsp3) is 0.235. The number of amides is 1. The van der Waals surface area contributed by atoms with Crippen molar-refractivity contribution in [3.63, 3.8) is 0 Å². The number of methoxy groups -OCH3 is 1. The Kier molecular flexibility index (Phi) is 6.60. The molecule has 0 aliphatic heterocycles. The van der Waals surface area contributed by atoms with E-state index in [9.17, 15) is 30.4 Å². The van der Waals surface area contributed by atoms with Gasteiger partial charge in [-0.1, -0.05) is 0 Å². The van der Waals surface area contributed by atoms with Crippen molar-refractivity contribution in [2.45, 2.75) is 15.5 Å². The van der Waals surface area contributed by atoms with Gasteiger partial charge in [0.2, 0.25) is 19.9 Å². The molecule has 158 valence electrons. The molecule has 0 heterocycles. The third-order valence-corrected chi connectivity index (χ3v) is 7.09. The van der Waals surface area contributed by atoms with Crippen LogP contribution < -0.4 is 10.1 Å². The molecule has 0 fully saturated rings. The van der Waals surface area contributed by atoms with Gasteiger partial charge in [0.05, 0.1) is 22.6 Å². The first-order valence-electron chi connectivity index (χ1n) is 7.95. The first-order chi connectivity index (χ1) is 13.4. The number of sulfonamides is 1. The molecule has 2 aromatic rings. The Morgan fingerprint density at radius 1 is 1.00 bits per heavy atom. The van der Waals surface area contributed by atoms with Gasteiger partial charge in [-0.15, -0.1) is 0 Å². The average molecular weight is 448 g/mol. The SMILES string of the molecule is COc1ccc(S(=O)(=O)N(C)C)cc1NC(=O)c1ccc(S(=O)(=O)C(F)F)cc1. The molecule has 0 atom stereocenters. The van der Waals surface area contributed by atoms with Crippen LogP contribution in [-0.4, -0.2) is 54.0 Å². The van der Waals surface area contributed by atoms with Crippen LogP contribution in [0.4, 0.5) is 14.5 Å². The quantitative estimate of drug-likeness (QED) is 0.695. The number of nitrogens with one attached hydrogen (secondary N) is 1. The van der Waals surface area contributed by atoms with E-state index in [4.69, 9.17) is 4.74 Å². The van der Waals surface area contributed by atoms with E-state index in [1.54, 1.807) is 0 Å². The first-order valence-corrected chi connectivity index (χ1v) is 10.9. The summed E-state index contributed by atoms with van der Waals surface area (Å²) in [7, 11) is -4.51. The fourth-order valence-corrected chi connectivity index (χ4v) is 3.90. The Morgan fingerprint density at radius 2 is 1.55 bits per heavy atom. The number of hydrogen-bond donors (Lipinski definition) is 1. The second-order valence-corrected chi connectivity index (χ2v) is 10.0. The molecule has 0 saturated heterocycles. The number of carbonyl (C=O) groups excluding carboxylic acids is 1. The summed E-state index contributed by atoms with van der Waals surface area (Å²) < 4.78 is 78.7. The standard InChI is InChI=1S/C17H18F2N2O6S2/c1-21(2)29(25,26)13-8-9-15(27-3)14(10-13)20-16(22)11-4-6-12(7-5-11)28(23,24)17(18)19/h4-10,17H,1-3H3,(H,20,22). The van der Waals surface area contributed by atoms with Gasteiger partial charge in [0, 0.05) is 19.7 Å². The highest BCUT2D eigenvalue weighted by molar-refractivity contribution is 7.91. The van der Waals surface area contributed by atoms with E-state index < -0.39 is 36.4 Å². The molecule has 0 unspecified atom stereocenters. The molecule has 1 amide bonds. The zero-order chi connectivity index (χ0) is 22.0. The van der Waals surface area contributed by atoms with Crippen molar-refractivity contribution in [3.8, 4) is 5.75 Å². The monoisotopic (exact) mass is 448 g/mol. The summed E-state index contributed by atoms with van der Waals surface area (Å²) in [5.41, 5.74) is 0.0332. The van der Waals surface area contributed by atoms with Gasteiger partial charge < -0.3 is 10.1 Å². The number of nitrogens with zero attached hydrogens (tertiary/aromatic N) is 1. The smallest absolute Gasteiger partial charge is 0.341 e. The molecule has 0 bridgehead atoms. The van der Waals surface area contributed by atoms with E-state index in [1.165, 1.54) is 39.4 Å². The van der Waals surface area contributed by atoms with Gasteiger partial charge in [0.25, 0.3) is 5.91 Å². The summed E-state index contributed by atoms with van der Waals surface area (Å²) in [5, 5.41) is 2.47. The number of ether oxygens (including phenoxy) is 1. The van der Waals surface area contributed by atoms with E-state index in [0.717, 1.165) is 28.6 Å². The van der Waals surface area contributed by atoms with Crippen molar-refractivity contribution < 1.29 is 35.1 Å². The zero-order valence-corrected chi connectivity index (χ0v) is 17.2. The highest BCUT2D eigenvalue weighted by atomic mass is 32.2. The second-order valence-electron chi connectivity index (χ2n) is 5.93. The lowest BCUT2D eigenvalue weighted by Crippen LogP contribution is -2.22. The lowest BCUT2D eigenvalue weighted by Gasteiger charge is -2.15. The number of carbonyl (C=O) groups is 1. The molecular formula is C17H18F2N2O6S2. The maximum atomic E-state index is 12.6. The summed E-state index contributed by atoms with van der Waals surface area (Å²) >= 11 is 0. The van der Waals surface area contributed by atoms with Crippen LogP contribution in [0.5, 0.6) is 5.75 Å². The predicted octanol–water partition coefficient (Wildman–Crippen LogP) is 2.19. The molecule has 29 heavy (non-hydrogen) atoms. The van der Waals surface area contributed by atoms with Gasteiger partial charge in [-0.05, 0) is 42.5 Å². The van der Waals surface area contributed by atoms with E-state index in [-0.39, 0.29) is 21.9 Å². The average Bonchev–Trinajstić information content (AvgIpc) is 2.67. The van der Waals surface area contributed by atoms with Crippen LogP contribution in [0.2, 0.25) is 0 Å². The highest BCUT2D eigenvalue weighted by Gasteiger charge is 2.26. The van der Waals surface area contributed by atoms with Crippen LogP contribution in [0.1, 0.15) is 10.4 Å². The fourth-order valence-electron chi connectivity index (χ4n) is 2.25. The third-order valence-electron chi connectivity index (χ3n) is 3.88. The lowest BCUT2D eigenvalue weighted by molar-refractivity contribution is 0.102. The van der Waals surface area contributed by atoms with Crippen molar-refractivity contribution in [2.24, 2.45) is 0 Å². The summed E-state index contributed by atoms with van der Waals surface area (Å²) in [4.78, 5) is 11.7. The van der Waals surface area contributed by atoms with Crippen molar-refractivity contribution in [3.05, 3.63) is 48.0 Å². The Bertz CT molecular complexity index is 1120. The first kappa shape index (κ1) is 22.7. The van der Waals surface area contributed by atoms with Crippen molar-refractivity contribution >= 4 is 31.5 Å². The molecule has 8 nitrogen and oxygen atoms in total. The topological polar surface area (TPSA) is 110 Å². The molecule has 2 rings (SSSR count). The van der Waals surface area contributed by atoms with E-state index in [0.29, 0.717) is 0 Å². The largest absolute Gasteiger partial charge is 0.495 e. The number of alkyl halides is 2. The number of halogens is 2. The van der Waals surface area contributed by atoms with Gasteiger partial charge in [-0.2, -0.15) is 8.78 Å². The molecule has 0 saturated carbocycles. The minimum Gasteiger partial charge on any atom is -0.495 e. The van der Waals surface area contributed by atoms with Crippen LogP contribution in [0.3, 0.4) is 0 Å². The molecule has 0 aliphatic rings. The minimum atomic E-state index is -4.78. The highest BCUT2D eigenvalue weighted by Crippen LogP contribution is 2.29. The van der Waals surface area contributed by atoms with Crippen LogP contribution in [0, 0.1) is 0 Å². The number of anilines is 1. The van der Waals surface area contributed by atoms with Crippen molar-refractivity contribution in [1.82, 2.24) is 4.31 Å². The Balaban J connectivity index is 2.35. The molecule has 1 N–H and O–H groups in total. The lowest BCUT2D eigenvalue weighted by atomic mass is 10.2. The van der Waals surface area contributed by atoms with E-state index in [2.05, 4.69) is 5.32 Å². The molecule has 0 radical (unpaired) electrons. The summed E-state index contributed by atoms with van der Waals surface area (Å²) in [6.45, 7) is 0. The number of rotatable bonds is 7. The summed E-state index contributed by atoms with van der Waals surface area (Å²) in [5.74, 6) is -4.11. The van der Waals surface area contributed by atoms with Gasteiger partial charge in [-0.3, -0.25) is 4.79 Å². The Labute approximate surface area is 167 Å². The number of hydrogen-bond acceptors (Lipinski definition) is 6. The van der Waals surface area contributed by atoms with Crippen molar-refractivity contribution in [2.75, 3.05) is 26.5 Å². The molecule has 0 aromatic heterocycles. The second kappa shape index (κ2) is 8.43. The van der Waals surface area contributed by atoms with Crippen LogP contribution in [-0.2, 0) is 19.9 Å². The predicted molar refractivity (Wildman–Crippen MR) is 101 cm³/mol.